The van der Waals surface area contributed by atoms with Gasteiger partial charge in [-0.25, -0.2) is 4.79 Å². The number of rotatable bonds is 8. The molecule has 2 aliphatic rings. The molecule has 2 atom stereocenters. The Morgan fingerprint density at radius 2 is 1.92 bits per heavy atom. The summed E-state index contributed by atoms with van der Waals surface area (Å²) >= 11 is 0. The van der Waals surface area contributed by atoms with Crippen LogP contribution >= 0.6 is 0 Å². The van der Waals surface area contributed by atoms with Gasteiger partial charge in [-0.05, 0) is 71.7 Å². The van der Waals surface area contributed by atoms with Gasteiger partial charge in [0.15, 0.2) is 11.5 Å². The van der Waals surface area contributed by atoms with Crippen molar-refractivity contribution in [2.45, 2.75) is 65.1 Å². The van der Waals surface area contributed by atoms with E-state index in [4.69, 9.17) is 14.2 Å². The maximum absolute atomic E-state index is 12.9. The molecule has 2 amide bonds. The average molecular weight is 506 g/mol. The van der Waals surface area contributed by atoms with Gasteiger partial charge in [-0.2, -0.15) is 0 Å². The van der Waals surface area contributed by atoms with Crippen LogP contribution in [0.4, 0.5) is 4.79 Å². The number of fused-ring (bicyclic) bond motifs is 1. The standard InChI is InChI=1S/C27H43N3O6/c1-19-9-10-21(24-23(19)34-15-8-16-35-24)25(32)28-17-20-11-14-30(18-22(20)31)13-7-6-12-29(5)26(33)36-27(2,3)4/h9-10,20,22,31H,6-8,11-18H2,1-5H3,(H,28,32)/t20-,22+/m0/s1. The molecule has 0 unspecified atom stereocenters. The van der Waals surface area contributed by atoms with Gasteiger partial charge < -0.3 is 34.4 Å². The normalized spacial score (nSPS) is 20.4. The Balaban J connectivity index is 1.39. The highest BCUT2D eigenvalue weighted by Crippen LogP contribution is 2.36. The monoisotopic (exact) mass is 505 g/mol. The molecule has 0 aromatic heterocycles. The Kier molecular flexibility index (Phi) is 9.84. The number of piperidine rings is 1. The minimum Gasteiger partial charge on any atom is -0.489 e. The van der Waals surface area contributed by atoms with Crippen molar-refractivity contribution in [3.05, 3.63) is 23.3 Å². The van der Waals surface area contributed by atoms with Crippen molar-refractivity contribution in [2.75, 3.05) is 53.0 Å². The fraction of sp³-hybridized carbons (Fsp3) is 0.704. The Bertz CT molecular complexity index is 900. The number of unbranched alkanes of at least 4 members (excludes halogenated alkanes) is 1. The third kappa shape index (κ3) is 8.00. The molecule has 2 heterocycles. The average Bonchev–Trinajstić information content (AvgIpc) is 3.07. The van der Waals surface area contributed by atoms with E-state index in [9.17, 15) is 14.7 Å². The number of aliphatic hydroxyl groups excluding tert-OH is 1. The van der Waals surface area contributed by atoms with Crippen LogP contribution in [0.3, 0.4) is 0 Å². The topological polar surface area (TPSA) is 101 Å². The van der Waals surface area contributed by atoms with Gasteiger partial charge in [0.25, 0.3) is 5.91 Å². The molecule has 0 aliphatic carbocycles. The second kappa shape index (κ2) is 12.6. The highest BCUT2D eigenvalue weighted by atomic mass is 16.6. The molecule has 202 valence electrons. The van der Waals surface area contributed by atoms with Crippen LogP contribution in [0.1, 0.15) is 62.4 Å². The molecule has 1 saturated heterocycles. The predicted octanol–water partition coefficient (Wildman–Crippen LogP) is 3.22. The smallest absolute Gasteiger partial charge is 0.410 e. The number of likely N-dealkylation sites (tertiary alicyclic amines) is 1. The quantitative estimate of drug-likeness (QED) is 0.523. The summed E-state index contributed by atoms with van der Waals surface area (Å²) in [6, 6.07) is 3.65. The Labute approximate surface area is 215 Å². The third-order valence-corrected chi connectivity index (χ3v) is 6.59. The van der Waals surface area contributed by atoms with Crippen molar-refractivity contribution in [3.63, 3.8) is 0 Å². The zero-order valence-corrected chi connectivity index (χ0v) is 22.5. The first kappa shape index (κ1) is 28.1. The van der Waals surface area contributed by atoms with Gasteiger partial charge in [-0.3, -0.25) is 4.79 Å². The van der Waals surface area contributed by atoms with Crippen molar-refractivity contribution in [1.82, 2.24) is 15.1 Å². The van der Waals surface area contributed by atoms with Crippen LogP contribution in [0.15, 0.2) is 12.1 Å². The van der Waals surface area contributed by atoms with Gasteiger partial charge in [-0.15, -0.1) is 0 Å². The lowest BCUT2D eigenvalue weighted by atomic mass is 9.93. The van der Waals surface area contributed by atoms with Crippen LogP contribution in [0.5, 0.6) is 11.5 Å². The number of amides is 2. The highest BCUT2D eigenvalue weighted by Gasteiger charge is 2.29. The second-order valence-electron chi connectivity index (χ2n) is 10.9. The summed E-state index contributed by atoms with van der Waals surface area (Å²) < 4.78 is 17.0. The molecular weight excluding hydrogens is 462 g/mol. The summed E-state index contributed by atoms with van der Waals surface area (Å²) in [6.07, 6.45) is 2.58. The predicted molar refractivity (Wildman–Crippen MR) is 138 cm³/mol. The lowest BCUT2D eigenvalue weighted by molar-refractivity contribution is 0.0206. The molecule has 3 rings (SSSR count). The Morgan fingerprint density at radius 1 is 1.19 bits per heavy atom. The van der Waals surface area contributed by atoms with Gasteiger partial charge in [0.05, 0.1) is 24.9 Å². The Hall–Kier alpha value is -2.52. The zero-order valence-electron chi connectivity index (χ0n) is 22.5. The van der Waals surface area contributed by atoms with E-state index in [-0.39, 0.29) is 17.9 Å². The lowest BCUT2D eigenvalue weighted by Gasteiger charge is -2.36. The minimum atomic E-state index is -0.502. The molecule has 0 saturated carbocycles. The number of benzene rings is 1. The van der Waals surface area contributed by atoms with Crippen LogP contribution < -0.4 is 14.8 Å². The zero-order chi connectivity index (χ0) is 26.3. The molecule has 1 fully saturated rings. The maximum atomic E-state index is 12.9. The number of aryl methyl sites for hydroxylation is 1. The summed E-state index contributed by atoms with van der Waals surface area (Å²) in [5.41, 5.74) is 0.926. The fourth-order valence-electron chi connectivity index (χ4n) is 4.49. The maximum Gasteiger partial charge on any atom is 0.410 e. The van der Waals surface area contributed by atoms with Gasteiger partial charge in [-0.1, -0.05) is 6.07 Å². The molecule has 1 aromatic rings. The molecule has 2 aliphatic heterocycles. The SMILES string of the molecule is Cc1ccc(C(=O)NC[C@@H]2CCN(CCCCN(C)C(=O)OC(C)(C)C)C[C@H]2O)c2c1OCCCO2. The van der Waals surface area contributed by atoms with Crippen molar-refractivity contribution >= 4 is 12.0 Å². The number of hydrogen-bond donors (Lipinski definition) is 2. The minimum absolute atomic E-state index is 0.00437. The van der Waals surface area contributed by atoms with Gasteiger partial charge >= 0.3 is 6.09 Å². The first-order chi connectivity index (χ1) is 17.0. The first-order valence-corrected chi connectivity index (χ1v) is 13.1. The number of hydrogen-bond acceptors (Lipinski definition) is 7. The van der Waals surface area contributed by atoms with E-state index in [1.165, 1.54) is 0 Å². The second-order valence-corrected chi connectivity index (χ2v) is 10.9. The molecule has 9 heteroatoms. The van der Waals surface area contributed by atoms with E-state index in [1.54, 1.807) is 18.0 Å². The van der Waals surface area contributed by atoms with Gasteiger partial charge in [0, 0.05) is 39.0 Å². The summed E-state index contributed by atoms with van der Waals surface area (Å²) in [5, 5.41) is 13.7. The van der Waals surface area contributed by atoms with Gasteiger partial charge in [0.1, 0.15) is 5.60 Å². The van der Waals surface area contributed by atoms with E-state index < -0.39 is 11.7 Å². The van der Waals surface area contributed by atoms with Crippen molar-refractivity contribution in [1.29, 1.82) is 0 Å². The number of β-amino-alcohol motifs (C(OH)–C–C–N with tert-alkyl or cyclic N) is 1. The largest absolute Gasteiger partial charge is 0.489 e. The van der Waals surface area contributed by atoms with Crippen LogP contribution in [0, 0.1) is 12.8 Å². The van der Waals surface area contributed by atoms with Crippen LogP contribution in [-0.4, -0.2) is 91.6 Å². The number of carbonyl (C=O) groups is 2. The van der Waals surface area contributed by atoms with E-state index in [0.29, 0.717) is 49.9 Å². The molecule has 1 aromatic carbocycles. The van der Waals surface area contributed by atoms with E-state index in [2.05, 4.69) is 10.2 Å². The number of aliphatic hydroxyl groups is 1. The van der Waals surface area contributed by atoms with Crippen molar-refractivity contribution < 1.29 is 28.9 Å². The number of carbonyl (C=O) groups excluding carboxylic acids is 2. The van der Waals surface area contributed by atoms with Gasteiger partial charge in [0.2, 0.25) is 0 Å². The summed E-state index contributed by atoms with van der Waals surface area (Å²) in [4.78, 5) is 28.8. The van der Waals surface area contributed by atoms with Crippen molar-refractivity contribution in [2.24, 2.45) is 5.92 Å². The molecule has 9 nitrogen and oxygen atoms in total. The molecular formula is C27H43N3O6. The van der Waals surface area contributed by atoms with Crippen LogP contribution in [0.2, 0.25) is 0 Å². The van der Waals surface area contributed by atoms with E-state index in [1.807, 2.05) is 33.8 Å². The van der Waals surface area contributed by atoms with Crippen LogP contribution in [0.25, 0.3) is 0 Å². The number of nitrogens with zero attached hydrogens (tertiary/aromatic N) is 2. The first-order valence-electron chi connectivity index (χ1n) is 13.1. The van der Waals surface area contributed by atoms with Crippen LogP contribution in [-0.2, 0) is 4.74 Å². The van der Waals surface area contributed by atoms with E-state index >= 15 is 0 Å². The Morgan fingerprint density at radius 3 is 2.61 bits per heavy atom. The number of nitrogens with one attached hydrogen (secondary N) is 1. The fourth-order valence-corrected chi connectivity index (χ4v) is 4.49. The highest BCUT2D eigenvalue weighted by molar-refractivity contribution is 5.98. The molecule has 36 heavy (non-hydrogen) atoms. The lowest BCUT2D eigenvalue weighted by Crippen LogP contribution is -2.47. The number of ether oxygens (including phenoxy) is 3. The molecule has 2 N–H and O–H groups in total. The summed E-state index contributed by atoms with van der Waals surface area (Å²) in [6.45, 7) is 12.0. The summed E-state index contributed by atoms with van der Waals surface area (Å²) in [5.74, 6) is 0.952. The molecule has 0 spiro atoms. The van der Waals surface area contributed by atoms with Crippen molar-refractivity contribution in [3.8, 4) is 11.5 Å². The summed E-state index contributed by atoms with van der Waals surface area (Å²) in [7, 11) is 1.75. The molecule has 0 radical (unpaired) electrons. The molecule has 0 bridgehead atoms. The third-order valence-electron chi connectivity index (χ3n) is 6.59. The van der Waals surface area contributed by atoms with E-state index in [0.717, 1.165) is 44.3 Å².